The first kappa shape index (κ1) is 34.8. The fourth-order valence-corrected chi connectivity index (χ4v) is 8.16. The maximum Gasteiger partial charge on any atom is 0.0627 e. The maximum atomic E-state index is 3.79. The van der Waals surface area contributed by atoms with Crippen LogP contribution in [0, 0.1) is 0 Å². The molecule has 2 aliphatic carbocycles. The van der Waals surface area contributed by atoms with Crippen LogP contribution in [-0.2, 0) is 0 Å². The average Bonchev–Trinajstić information content (AvgIpc) is 3.59. The third-order valence-corrected chi connectivity index (χ3v) is 11.0. The van der Waals surface area contributed by atoms with E-state index in [2.05, 4.69) is 211 Å². The van der Waals surface area contributed by atoms with E-state index in [1.54, 1.807) is 6.08 Å². The molecule has 0 fully saturated rings. The quantitative estimate of drug-likeness (QED) is 0.130. The van der Waals surface area contributed by atoms with Crippen LogP contribution in [-0.4, -0.2) is 6.04 Å². The second-order valence-electron chi connectivity index (χ2n) is 14.5. The lowest BCUT2D eigenvalue weighted by atomic mass is 9.89. The largest absolute Gasteiger partial charge is 0.340 e. The van der Waals surface area contributed by atoms with E-state index in [1.807, 2.05) is 12.2 Å². The van der Waals surface area contributed by atoms with Crippen LogP contribution >= 0.6 is 0 Å². The number of anilines is 4. The number of nitrogens with zero attached hydrogens (tertiary/aromatic N) is 2. The molecule has 2 nitrogen and oxygen atoms in total. The van der Waals surface area contributed by atoms with Crippen LogP contribution in [0.1, 0.15) is 36.0 Å². The van der Waals surface area contributed by atoms with Crippen LogP contribution in [0.3, 0.4) is 0 Å². The number of benzene rings is 6. The molecule has 3 aliphatic rings. The van der Waals surface area contributed by atoms with Crippen molar-refractivity contribution in [3.8, 4) is 22.3 Å². The fourth-order valence-electron chi connectivity index (χ4n) is 8.16. The van der Waals surface area contributed by atoms with Gasteiger partial charge in [0.1, 0.15) is 0 Å². The minimum atomic E-state index is 0.299. The molecule has 1 atom stereocenters. The van der Waals surface area contributed by atoms with Crippen molar-refractivity contribution in [3.63, 3.8) is 0 Å². The van der Waals surface area contributed by atoms with Crippen molar-refractivity contribution in [3.05, 3.63) is 236 Å². The van der Waals surface area contributed by atoms with Gasteiger partial charge in [0.2, 0.25) is 0 Å². The van der Waals surface area contributed by atoms with Gasteiger partial charge in [-0.15, -0.1) is 0 Å². The van der Waals surface area contributed by atoms with E-state index in [1.165, 1.54) is 61.4 Å². The minimum Gasteiger partial charge on any atom is -0.340 e. The Balaban J connectivity index is 0.974. The molecule has 0 bridgehead atoms. The van der Waals surface area contributed by atoms with Gasteiger partial charge in [-0.25, -0.2) is 0 Å². The molecule has 1 aliphatic heterocycles. The fraction of sp³-hybridized carbons (Fsp3) is 0.0741. The second-order valence-corrected chi connectivity index (χ2v) is 14.5. The molecule has 0 saturated carbocycles. The standard InChI is InChI=1S/C54H44N2/c1-2-3-4-13-38-55-53-19-12-11-18-51(53)52-39-47(30-37-54(52)55)46-22-20-42(21-23-46)45-28-35-50(36-29-45)56(48-31-24-43(25-32-48)40-14-7-5-8-15-40)49-33-26-44(27-34-49)41-16-9-6-10-17-41/h2-5,7-9,11-36,38-39,54H,1,6,10,37H2/b4-3-,38-13-. The lowest BCUT2D eigenvalue weighted by Crippen LogP contribution is -2.26. The summed E-state index contributed by atoms with van der Waals surface area (Å²) < 4.78 is 0. The second kappa shape index (κ2) is 15.8. The van der Waals surface area contributed by atoms with Gasteiger partial charge in [-0.1, -0.05) is 158 Å². The Kier molecular flexibility index (Phi) is 9.85. The van der Waals surface area contributed by atoms with Crippen LogP contribution in [0.15, 0.2) is 219 Å². The molecule has 0 radical (unpaired) electrons. The molecule has 0 aromatic heterocycles. The zero-order chi connectivity index (χ0) is 37.7. The number of allylic oxidation sites excluding steroid dienone is 10. The van der Waals surface area contributed by atoms with Gasteiger partial charge in [-0.2, -0.15) is 0 Å². The summed E-state index contributed by atoms with van der Waals surface area (Å²) >= 11 is 0. The Morgan fingerprint density at radius 3 is 1.70 bits per heavy atom. The van der Waals surface area contributed by atoms with Gasteiger partial charge in [0.05, 0.1) is 6.04 Å². The summed E-state index contributed by atoms with van der Waals surface area (Å²) in [4.78, 5) is 4.75. The highest BCUT2D eigenvalue weighted by Gasteiger charge is 2.33. The monoisotopic (exact) mass is 720 g/mol. The Morgan fingerprint density at radius 1 is 0.518 bits per heavy atom. The minimum absolute atomic E-state index is 0.299. The number of rotatable bonds is 10. The molecular weight excluding hydrogens is 677 g/mol. The van der Waals surface area contributed by atoms with Gasteiger partial charge in [-0.3, -0.25) is 0 Å². The zero-order valence-corrected chi connectivity index (χ0v) is 31.5. The predicted octanol–water partition coefficient (Wildman–Crippen LogP) is 14.5. The molecule has 1 heterocycles. The summed E-state index contributed by atoms with van der Waals surface area (Å²) in [6.07, 6.45) is 24.9. The van der Waals surface area contributed by atoms with Crippen LogP contribution in [0.5, 0.6) is 0 Å². The smallest absolute Gasteiger partial charge is 0.0627 e. The van der Waals surface area contributed by atoms with Crippen molar-refractivity contribution >= 4 is 39.5 Å². The molecule has 0 N–H and O–H groups in total. The van der Waals surface area contributed by atoms with Gasteiger partial charge in [0, 0.05) is 34.5 Å². The Labute approximate surface area is 331 Å². The van der Waals surface area contributed by atoms with Crippen LogP contribution in [0.4, 0.5) is 22.7 Å². The first-order chi connectivity index (χ1) is 27.7. The summed E-state index contributed by atoms with van der Waals surface area (Å²) in [5, 5.41) is 0. The Bertz CT molecular complexity index is 2530. The lowest BCUT2D eigenvalue weighted by molar-refractivity contribution is 0.825. The van der Waals surface area contributed by atoms with Crippen molar-refractivity contribution in [2.24, 2.45) is 0 Å². The lowest BCUT2D eigenvalue weighted by Gasteiger charge is -2.26. The first-order valence-electron chi connectivity index (χ1n) is 19.6. The zero-order valence-electron chi connectivity index (χ0n) is 31.5. The predicted molar refractivity (Wildman–Crippen MR) is 240 cm³/mol. The third-order valence-electron chi connectivity index (χ3n) is 11.0. The van der Waals surface area contributed by atoms with E-state index >= 15 is 0 Å². The van der Waals surface area contributed by atoms with Crippen molar-refractivity contribution in [2.75, 3.05) is 9.80 Å². The van der Waals surface area contributed by atoms with Gasteiger partial charge < -0.3 is 9.80 Å². The molecular formula is C54H44N2. The molecule has 9 rings (SSSR count). The molecule has 0 saturated heterocycles. The molecule has 2 heteroatoms. The first-order valence-corrected chi connectivity index (χ1v) is 19.6. The van der Waals surface area contributed by atoms with Crippen molar-refractivity contribution in [1.82, 2.24) is 0 Å². The van der Waals surface area contributed by atoms with Gasteiger partial charge in [-0.05, 0) is 124 Å². The van der Waals surface area contributed by atoms with E-state index in [0.717, 1.165) is 36.3 Å². The molecule has 270 valence electrons. The van der Waals surface area contributed by atoms with Crippen LogP contribution < -0.4 is 9.80 Å². The summed E-state index contributed by atoms with van der Waals surface area (Å²) in [7, 11) is 0. The number of fused-ring (bicyclic) bond motifs is 3. The third kappa shape index (κ3) is 7.06. The van der Waals surface area contributed by atoms with E-state index in [0.29, 0.717) is 6.04 Å². The van der Waals surface area contributed by atoms with Crippen molar-refractivity contribution in [1.29, 1.82) is 0 Å². The number of para-hydroxylation sites is 1. The Morgan fingerprint density at radius 2 is 1.07 bits per heavy atom. The van der Waals surface area contributed by atoms with Crippen molar-refractivity contribution in [2.45, 2.75) is 25.3 Å². The highest BCUT2D eigenvalue weighted by molar-refractivity contribution is 5.97. The van der Waals surface area contributed by atoms with Crippen molar-refractivity contribution < 1.29 is 0 Å². The SMILES string of the molecule is C=C/C=C\C=C/N1c2ccccc2C2=CC(c3ccc(-c4ccc(N(c5ccc(C6=CCCC=C6)cc5)c5ccc(-c6ccccc6)cc5)cc4)cc3)=CCC21. The van der Waals surface area contributed by atoms with E-state index < -0.39 is 0 Å². The summed E-state index contributed by atoms with van der Waals surface area (Å²) in [6, 6.07) is 55.5. The van der Waals surface area contributed by atoms with Gasteiger partial charge >= 0.3 is 0 Å². The summed E-state index contributed by atoms with van der Waals surface area (Å²) in [5.74, 6) is 0. The molecule has 1 unspecified atom stereocenters. The highest BCUT2D eigenvalue weighted by atomic mass is 15.2. The van der Waals surface area contributed by atoms with E-state index in [9.17, 15) is 0 Å². The molecule has 0 spiro atoms. The van der Waals surface area contributed by atoms with E-state index in [4.69, 9.17) is 0 Å². The molecule has 6 aromatic rings. The molecule has 6 aromatic carbocycles. The normalized spacial score (nSPS) is 16.0. The van der Waals surface area contributed by atoms with Gasteiger partial charge in [0.15, 0.2) is 0 Å². The van der Waals surface area contributed by atoms with Crippen LogP contribution in [0.2, 0.25) is 0 Å². The number of hydrogen-bond acceptors (Lipinski definition) is 2. The summed E-state index contributed by atoms with van der Waals surface area (Å²) in [5.41, 5.74) is 17.2. The average molecular weight is 721 g/mol. The van der Waals surface area contributed by atoms with E-state index in [-0.39, 0.29) is 0 Å². The summed E-state index contributed by atoms with van der Waals surface area (Å²) in [6.45, 7) is 3.79. The highest BCUT2D eigenvalue weighted by Crippen LogP contribution is 2.46. The Hall–Kier alpha value is -6.90. The topological polar surface area (TPSA) is 6.48 Å². The maximum absolute atomic E-state index is 3.79. The van der Waals surface area contributed by atoms with Gasteiger partial charge in [0.25, 0.3) is 0 Å². The van der Waals surface area contributed by atoms with Crippen LogP contribution in [0.25, 0.3) is 39.0 Å². The number of hydrogen-bond donors (Lipinski definition) is 0. The molecule has 56 heavy (non-hydrogen) atoms. The molecule has 0 amide bonds.